The lowest BCUT2D eigenvalue weighted by atomic mass is 9.98. The Bertz CT molecular complexity index is 204. The molecule has 1 aliphatic rings. The van der Waals surface area contributed by atoms with Crippen LogP contribution in [0.5, 0.6) is 0 Å². The van der Waals surface area contributed by atoms with E-state index in [0.29, 0.717) is 12.0 Å². The van der Waals surface area contributed by atoms with Crippen molar-refractivity contribution >= 4 is 0 Å². The van der Waals surface area contributed by atoms with Gasteiger partial charge in [-0.1, -0.05) is 13.8 Å². The van der Waals surface area contributed by atoms with Crippen molar-refractivity contribution < 1.29 is 4.74 Å². The van der Waals surface area contributed by atoms with Crippen LogP contribution in [-0.2, 0) is 4.74 Å². The zero-order valence-corrected chi connectivity index (χ0v) is 11.5. The van der Waals surface area contributed by atoms with Crippen LogP contribution in [0.1, 0.15) is 34.6 Å². The van der Waals surface area contributed by atoms with Crippen LogP contribution in [0, 0.1) is 5.92 Å². The van der Waals surface area contributed by atoms with Crippen LogP contribution < -0.4 is 5.32 Å². The molecular formula is C13H28N2O. The van der Waals surface area contributed by atoms with E-state index in [9.17, 15) is 0 Å². The molecule has 1 unspecified atom stereocenters. The minimum absolute atomic E-state index is 0.0285. The topological polar surface area (TPSA) is 24.5 Å². The Morgan fingerprint density at radius 2 is 2.12 bits per heavy atom. The Labute approximate surface area is 101 Å². The van der Waals surface area contributed by atoms with E-state index < -0.39 is 0 Å². The zero-order chi connectivity index (χ0) is 12.2. The van der Waals surface area contributed by atoms with E-state index in [1.54, 1.807) is 0 Å². The zero-order valence-electron chi connectivity index (χ0n) is 11.5. The van der Waals surface area contributed by atoms with Crippen molar-refractivity contribution in [2.24, 2.45) is 5.92 Å². The summed E-state index contributed by atoms with van der Waals surface area (Å²) in [5.41, 5.74) is -0.0285. The molecule has 1 N–H and O–H groups in total. The van der Waals surface area contributed by atoms with Gasteiger partial charge in [0.15, 0.2) is 0 Å². The first kappa shape index (κ1) is 13.9. The Kier molecular flexibility index (Phi) is 5.22. The van der Waals surface area contributed by atoms with E-state index in [2.05, 4.69) is 44.8 Å². The van der Waals surface area contributed by atoms with Gasteiger partial charge >= 0.3 is 0 Å². The first-order valence-electron chi connectivity index (χ1n) is 6.55. The number of ether oxygens (including phenoxy) is 1. The van der Waals surface area contributed by atoms with Crippen LogP contribution in [0.3, 0.4) is 0 Å². The van der Waals surface area contributed by atoms with Crippen molar-refractivity contribution in [3.8, 4) is 0 Å². The summed E-state index contributed by atoms with van der Waals surface area (Å²) in [6, 6.07) is 0.647. The second-order valence-corrected chi connectivity index (χ2v) is 5.68. The number of nitrogens with one attached hydrogen (secondary N) is 1. The first-order valence-corrected chi connectivity index (χ1v) is 6.55. The minimum Gasteiger partial charge on any atom is -0.375 e. The van der Waals surface area contributed by atoms with Crippen LogP contribution in [0.15, 0.2) is 0 Å². The van der Waals surface area contributed by atoms with Gasteiger partial charge in [0.25, 0.3) is 0 Å². The van der Waals surface area contributed by atoms with Crippen molar-refractivity contribution in [2.45, 2.75) is 46.3 Å². The third kappa shape index (κ3) is 4.04. The summed E-state index contributed by atoms with van der Waals surface area (Å²) in [6.07, 6.45) is 0. The molecule has 0 aromatic heterocycles. The van der Waals surface area contributed by atoms with E-state index in [0.717, 1.165) is 32.8 Å². The molecule has 3 nitrogen and oxygen atoms in total. The van der Waals surface area contributed by atoms with Crippen LogP contribution in [0.2, 0.25) is 0 Å². The van der Waals surface area contributed by atoms with E-state index in [1.807, 2.05) is 0 Å². The molecule has 0 aromatic carbocycles. The third-order valence-corrected chi connectivity index (χ3v) is 3.29. The maximum absolute atomic E-state index is 5.80. The quantitative estimate of drug-likeness (QED) is 0.775. The van der Waals surface area contributed by atoms with E-state index in [-0.39, 0.29) is 5.60 Å². The average molecular weight is 228 g/mol. The summed E-state index contributed by atoms with van der Waals surface area (Å²) < 4.78 is 5.80. The number of hydrogen-bond acceptors (Lipinski definition) is 3. The number of hydrogen-bond donors (Lipinski definition) is 1. The molecule has 1 fully saturated rings. The molecule has 1 saturated heterocycles. The summed E-state index contributed by atoms with van der Waals surface area (Å²) >= 11 is 0. The van der Waals surface area contributed by atoms with Gasteiger partial charge in [-0.3, -0.25) is 4.90 Å². The lowest BCUT2D eigenvalue weighted by molar-refractivity contribution is -0.0496. The van der Waals surface area contributed by atoms with Crippen LogP contribution >= 0.6 is 0 Å². The monoisotopic (exact) mass is 228 g/mol. The lowest BCUT2D eigenvalue weighted by Crippen LogP contribution is -2.57. The predicted octanol–water partition coefficient (Wildman–Crippen LogP) is 1.73. The molecule has 0 radical (unpaired) electrons. The predicted molar refractivity (Wildman–Crippen MR) is 68.8 cm³/mol. The average Bonchev–Trinajstić information content (AvgIpc) is 2.17. The second-order valence-electron chi connectivity index (χ2n) is 5.68. The van der Waals surface area contributed by atoms with E-state index in [1.165, 1.54) is 0 Å². The van der Waals surface area contributed by atoms with Crippen molar-refractivity contribution in [3.63, 3.8) is 0 Å². The number of nitrogens with zero attached hydrogens (tertiary/aromatic N) is 1. The molecule has 0 bridgehead atoms. The number of rotatable bonds is 5. The maximum Gasteiger partial charge on any atom is 0.0752 e. The fraction of sp³-hybridized carbons (Fsp3) is 1.00. The van der Waals surface area contributed by atoms with Gasteiger partial charge in [-0.15, -0.1) is 0 Å². The Hall–Kier alpha value is -0.120. The third-order valence-electron chi connectivity index (χ3n) is 3.29. The van der Waals surface area contributed by atoms with Crippen molar-refractivity contribution in [3.05, 3.63) is 0 Å². The highest BCUT2D eigenvalue weighted by Gasteiger charge is 2.30. The lowest BCUT2D eigenvalue weighted by Gasteiger charge is -2.42. The largest absolute Gasteiger partial charge is 0.375 e. The molecule has 1 atom stereocenters. The summed E-state index contributed by atoms with van der Waals surface area (Å²) in [7, 11) is 0. The molecule has 0 aromatic rings. The van der Waals surface area contributed by atoms with Gasteiger partial charge in [0, 0.05) is 38.8 Å². The fourth-order valence-corrected chi connectivity index (χ4v) is 2.55. The molecule has 0 aliphatic carbocycles. The first-order chi connectivity index (χ1) is 7.46. The molecule has 16 heavy (non-hydrogen) atoms. The number of piperazine rings is 1. The van der Waals surface area contributed by atoms with Gasteiger partial charge in [-0.25, -0.2) is 0 Å². The van der Waals surface area contributed by atoms with Gasteiger partial charge in [-0.2, -0.15) is 0 Å². The van der Waals surface area contributed by atoms with Crippen LogP contribution in [0.25, 0.3) is 0 Å². The highest BCUT2D eigenvalue weighted by Crippen LogP contribution is 2.18. The molecule has 1 aliphatic heterocycles. The van der Waals surface area contributed by atoms with E-state index >= 15 is 0 Å². The molecule has 0 amide bonds. The summed E-state index contributed by atoms with van der Waals surface area (Å²) in [5, 5.41) is 3.48. The Morgan fingerprint density at radius 1 is 1.44 bits per heavy atom. The molecular weight excluding hydrogens is 200 g/mol. The maximum atomic E-state index is 5.80. The summed E-state index contributed by atoms with van der Waals surface area (Å²) in [4.78, 5) is 2.58. The van der Waals surface area contributed by atoms with Crippen molar-refractivity contribution in [1.82, 2.24) is 10.2 Å². The minimum atomic E-state index is -0.0285. The summed E-state index contributed by atoms with van der Waals surface area (Å²) in [5.74, 6) is 0.699. The SMILES string of the molecule is CCOC(C)(C)CN1CCNCC1C(C)C. The normalized spacial score (nSPS) is 24.0. The van der Waals surface area contributed by atoms with Gasteiger partial charge in [0.2, 0.25) is 0 Å². The molecule has 1 rings (SSSR count). The molecule has 0 saturated carbocycles. The van der Waals surface area contributed by atoms with Gasteiger partial charge in [0.1, 0.15) is 0 Å². The molecule has 1 heterocycles. The fourth-order valence-electron chi connectivity index (χ4n) is 2.55. The molecule has 3 heteroatoms. The van der Waals surface area contributed by atoms with E-state index in [4.69, 9.17) is 4.74 Å². The van der Waals surface area contributed by atoms with Crippen LogP contribution in [0.4, 0.5) is 0 Å². The summed E-state index contributed by atoms with van der Waals surface area (Å²) in [6.45, 7) is 16.2. The highest BCUT2D eigenvalue weighted by molar-refractivity contribution is 4.86. The van der Waals surface area contributed by atoms with Gasteiger partial charge in [0.05, 0.1) is 5.60 Å². The Morgan fingerprint density at radius 3 is 2.69 bits per heavy atom. The van der Waals surface area contributed by atoms with Crippen molar-refractivity contribution in [1.29, 1.82) is 0 Å². The second kappa shape index (κ2) is 5.99. The molecule has 96 valence electrons. The van der Waals surface area contributed by atoms with Gasteiger partial charge in [-0.05, 0) is 26.7 Å². The van der Waals surface area contributed by atoms with Crippen LogP contribution in [-0.4, -0.2) is 49.3 Å². The van der Waals surface area contributed by atoms with Crippen molar-refractivity contribution in [2.75, 3.05) is 32.8 Å². The smallest absolute Gasteiger partial charge is 0.0752 e. The van der Waals surface area contributed by atoms with Gasteiger partial charge < -0.3 is 10.1 Å². The standard InChI is InChI=1S/C13H28N2O/c1-6-16-13(4,5)10-15-8-7-14-9-12(15)11(2)3/h11-12,14H,6-10H2,1-5H3. The highest BCUT2D eigenvalue weighted by atomic mass is 16.5. The molecule has 0 spiro atoms. The Balaban J connectivity index is 2.55.